The first-order valence-corrected chi connectivity index (χ1v) is 10.7. The summed E-state index contributed by atoms with van der Waals surface area (Å²) < 4.78 is 6.17. The van der Waals surface area contributed by atoms with Crippen LogP contribution in [0.1, 0.15) is 57.8 Å². The molecule has 1 spiro atoms. The summed E-state index contributed by atoms with van der Waals surface area (Å²) in [6.45, 7) is 10.6. The summed E-state index contributed by atoms with van der Waals surface area (Å²) in [6.07, 6.45) is 0.970. The van der Waals surface area contributed by atoms with Crippen molar-refractivity contribution in [1.82, 2.24) is 15.1 Å². The Morgan fingerprint density at radius 3 is 2.23 bits per heavy atom. The van der Waals surface area contributed by atoms with Crippen LogP contribution in [0.15, 0.2) is 30.3 Å². The highest BCUT2D eigenvalue weighted by Gasteiger charge is 2.54. The number of nitrogens with zero attached hydrogens (tertiary/aromatic N) is 2. The molecule has 0 aliphatic carbocycles. The lowest BCUT2D eigenvalue weighted by molar-refractivity contribution is -0.150. The molecule has 0 unspecified atom stereocenters. The van der Waals surface area contributed by atoms with Crippen molar-refractivity contribution in [3.63, 3.8) is 0 Å². The van der Waals surface area contributed by atoms with Crippen LogP contribution in [0.3, 0.4) is 0 Å². The minimum Gasteiger partial charge on any atom is -0.353 e. The zero-order chi connectivity index (χ0) is 22.1. The molecule has 30 heavy (non-hydrogen) atoms. The van der Waals surface area contributed by atoms with Gasteiger partial charge in [-0.3, -0.25) is 19.3 Å². The van der Waals surface area contributed by atoms with Crippen molar-refractivity contribution >= 4 is 17.7 Å². The maximum Gasteiger partial charge on any atom is 0.256 e. The van der Waals surface area contributed by atoms with Crippen molar-refractivity contribution in [1.29, 1.82) is 0 Å². The lowest BCUT2D eigenvalue weighted by atomic mass is 9.91. The topological polar surface area (TPSA) is 79.0 Å². The van der Waals surface area contributed by atoms with Gasteiger partial charge in [-0.25, -0.2) is 0 Å². The number of nitrogens with one attached hydrogen (secondary N) is 1. The van der Waals surface area contributed by atoms with Crippen LogP contribution < -0.4 is 5.32 Å². The molecule has 1 N–H and O–H groups in total. The summed E-state index contributed by atoms with van der Waals surface area (Å²) in [4.78, 5) is 42.5. The van der Waals surface area contributed by atoms with Gasteiger partial charge in [-0.05, 0) is 26.0 Å². The van der Waals surface area contributed by atoms with Crippen molar-refractivity contribution < 1.29 is 19.1 Å². The number of carbonyl (C=O) groups excluding carboxylic acids is 3. The predicted octanol–water partition coefficient (Wildman–Crippen LogP) is 2.42. The third-order valence-corrected chi connectivity index (χ3v) is 5.71. The molecular formula is C23H33N3O4. The Morgan fingerprint density at radius 1 is 1.10 bits per heavy atom. The number of carbonyl (C=O) groups is 3. The monoisotopic (exact) mass is 415 g/mol. The van der Waals surface area contributed by atoms with E-state index in [9.17, 15) is 14.4 Å². The summed E-state index contributed by atoms with van der Waals surface area (Å²) in [5.41, 5.74) is -0.807. The van der Waals surface area contributed by atoms with Crippen LogP contribution in [0, 0.1) is 5.41 Å². The molecule has 7 heteroatoms. The Bertz CT molecular complexity index is 792. The van der Waals surface area contributed by atoms with Gasteiger partial charge in [-0.15, -0.1) is 0 Å². The predicted molar refractivity (Wildman–Crippen MR) is 114 cm³/mol. The summed E-state index contributed by atoms with van der Waals surface area (Å²) in [5.74, 6) is -0.336. The summed E-state index contributed by atoms with van der Waals surface area (Å²) in [7, 11) is 0. The molecule has 7 nitrogen and oxygen atoms in total. The van der Waals surface area contributed by atoms with E-state index >= 15 is 0 Å². The third-order valence-electron chi connectivity index (χ3n) is 5.71. The summed E-state index contributed by atoms with van der Waals surface area (Å²) >= 11 is 0. The van der Waals surface area contributed by atoms with E-state index in [-0.39, 0.29) is 30.4 Å². The lowest BCUT2D eigenvalue weighted by Crippen LogP contribution is -2.60. The van der Waals surface area contributed by atoms with E-state index in [0.717, 1.165) is 0 Å². The van der Waals surface area contributed by atoms with Gasteiger partial charge in [0.15, 0.2) is 0 Å². The SMILES string of the molecule is CC(C)NC(=O)[C@@H]1COC2(CCN(C(=O)C(C)(C)C)CC2)N1C(=O)c1ccccc1. The van der Waals surface area contributed by atoms with E-state index in [4.69, 9.17) is 4.74 Å². The fourth-order valence-corrected chi connectivity index (χ4v) is 4.20. The molecule has 164 valence electrons. The Hall–Kier alpha value is -2.41. The number of rotatable bonds is 3. The van der Waals surface area contributed by atoms with Crippen LogP contribution in [0.2, 0.25) is 0 Å². The van der Waals surface area contributed by atoms with Gasteiger partial charge < -0.3 is 15.0 Å². The van der Waals surface area contributed by atoms with E-state index in [0.29, 0.717) is 31.5 Å². The number of hydrogen-bond donors (Lipinski definition) is 1. The van der Waals surface area contributed by atoms with Gasteiger partial charge in [0.25, 0.3) is 5.91 Å². The van der Waals surface area contributed by atoms with Crippen LogP contribution in [0.25, 0.3) is 0 Å². The zero-order valence-corrected chi connectivity index (χ0v) is 18.6. The second-order valence-corrected chi connectivity index (χ2v) is 9.52. The lowest BCUT2D eigenvalue weighted by Gasteiger charge is -2.45. The molecule has 2 aliphatic rings. The maximum atomic E-state index is 13.5. The maximum absolute atomic E-state index is 13.5. The first-order chi connectivity index (χ1) is 14.0. The summed E-state index contributed by atoms with van der Waals surface area (Å²) in [5, 5.41) is 2.91. The van der Waals surface area contributed by atoms with E-state index < -0.39 is 17.2 Å². The molecule has 1 atom stereocenters. The molecule has 3 rings (SSSR count). The Kier molecular flexibility index (Phi) is 6.22. The number of ether oxygens (including phenoxy) is 1. The number of benzene rings is 1. The Balaban J connectivity index is 1.87. The molecule has 2 aliphatic heterocycles. The van der Waals surface area contributed by atoms with Crippen molar-refractivity contribution in [2.45, 2.75) is 65.3 Å². The van der Waals surface area contributed by atoms with E-state index in [2.05, 4.69) is 5.32 Å². The van der Waals surface area contributed by atoms with Gasteiger partial charge in [0, 0.05) is 43.0 Å². The van der Waals surface area contributed by atoms with Gasteiger partial charge >= 0.3 is 0 Å². The highest BCUT2D eigenvalue weighted by molar-refractivity contribution is 5.98. The van der Waals surface area contributed by atoms with Crippen LogP contribution in [0.5, 0.6) is 0 Å². The quantitative estimate of drug-likeness (QED) is 0.822. The fourth-order valence-electron chi connectivity index (χ4n) is 4.20. The second-order valence-electron chi connectivity index (χ2n) is 9.52. The van der Waals surface area contributed by atoms with Crippen LogP contribution >= 0.6 is 0 Å². The van der Waals surface area contributed by atoms with E-state index in [1.165, 1.54) is 0 Å². The normalized spacial score (nSPS) is 21.2. The molecule has 0 bridgehead atoms. The number of piperidine rings is 1. The van der Waals surface area contributed by atoms with Crippen molar-refractivity contribution in [3.05, 3.63) is 35.9 Å². The van der Waals surface area contributed by atoms with Crippen molar-refractivity contribution in [2.75, 3.05) is 19.7 Å². The number of amides is 3. The van der Waals surface area contributed by atoms with E-state index in [1.54, 1.807) is 17.0 Å². The minimum atomic E-state index is -0.874. The minimum absolute atomic E-state index is 0.0334. The smallest absolute Gasteiger partial charge is 0.256 e. The first kappa shape index (κ1) is 22.3. The Morgan fingerprint density at radius 2 is 1.70 bits per heavy atom. The molecule has 1 aromatic carbocycles. The average molecular weight is 416 g/mol. The van der Waals surface area contributed by atoms with Gasteiger partial charge in [-0.1, -0.05) is 39.0 Å². The molecule has 1 aromatic rings. The third kappa shape index (κ3) is 4.36. The highest BCUT2D eigenvalue weighted by Crippen LogP contribution is 2.39. The summed E-state index contributed by atoms with van der Waals surface area (Å²) in [6, 6.07) is 8.26. The molecule has 0 radical (unpaired) electrons. The standard InChI is InChI=1S/C23H33N3O4/c1-16(2)24-19(27)18-15-30-23(26(18)20(28)17-9-7-6-8-10-17)11-13-25(14-12-23)21(29)22(3,4)5/h6-10,16,18H,11-15H2,1-5H3,(H,24,27)/t18-/m0/s1. The molecule has 0 aromatic heterocycles. The highest BCUT2D eigenvalue weighted by atomic mass is 16.5. The Labute approximate surface area is 178 Å². The largest absolute Gasteiger partial charge is 0.353 e. The van der Waals surface area contributed by atoms with Gasteiger partial charge in [0.05, 0.1) is 6.61 Å². The average Bonchev–Trinajstić information content (AvgIpc) is 3.06. The van der Waals surface area contributed by atoms with Crippen LogP contribution in [-0.4, -0.2) is 65.0 Å². The number of hydrogen-bond acceptors (Lipinski definition) is 4. The molecular weight excluding hydrogens is 382 g/mol. The van der Waals surface area contributed by atoms with Gasteiger partial charge in [-0.2, -0.15) is 0 Å². The molecule has 3 amide bonds. The van der Waals surface area contributed by atoms with Gasteiger partial charge in [0.2, 0.25) is 11.8 Å². The second kappa shape index (κ2) is 8.38. The first-order valence-electron chi connectivity index (χ1n) is 10.7. The van der Waals surface area contributed by atoms with Crippen molar-refractivity contribution in [2.24, 2.45) is 5.41 Å². The van der Waals surface area contributed by atoms with Crippen LogP contribution in [0.4, 0.5) is 0 Å². The zero-order valence-electron chi connectivity index (χ0n) is 18.6. The molecule has 2 heterocycles. The molecule has 2 fully saturated rings. The molecule has 0 saturated carbocycles. The molecule has 2 saturated heterocycles. The van der Waals surface area contributed by atoms with E-state index in [1.807, 2.05) is 57.7 Å². The van der Waals surface area contributed by atoms with Gasteiger partial charge in [0.1, 0.15) is 11.8 Å². The van der Waals surface area contributed by atoms with Crippen LogP contribution in [-0.2, 0) is 14.3 Å². The number of likely N-dealkylation sites (tertiary alicyclic amines) is 1. The van der Waals surface area contributed by atoms with Crippen molar-refractivity contribution in [3.8, 4) is 0 Å². The fraction of sp³-hybridized carbons (Fsp3) is 0.609.